The maximum atomic E-state index is 5.86. The zero-order chi connectivity index (χ0) is 13.0. The molecule has 4 nitrogen and oxygen atoms in total. The van der Waals surface area contributed by atoms with Gasteiger partial charge in [0.25, 0.3) is 0 Å². The molecule has 1 aromatic heterocycles. The molecule has 0 aromatic carbocycles. The third-order valence-electron chi connectivity index (χ3n) is 3.65. The first-order valence-corrected chi connectivity index (χ1v) is 7.30. The summed E-state index contributed by atoms with van der Waals surface area (Å²) < 4.78 is 5.39. The van der Waals surface area contributed by atoms with Gasteiger partial charge in [-0.05, 0) is 31.6 Å². The molecule has 1 aromatic rings. The van der Waals surface area contributed by atoms with Crippen molar-refractivity contribution in [3.8, 4) is 0 Å². The number of rotatable bonds is 5. The molecular formula is C13H22ClN3O. The molecule has 3 unspecified atom stereocenters. The molecule has 0 radical (unpaired) electrons. The van der Waals surface area contributed by atoms with Crippen LogP contribution in [-0.2, 0) is 0 Å². The van der Waals surface area contributed by atoms with Crippen LogP contribution in [0.4, 0.5) is 6.01 Å². The van der Waals surface area contributed by atoms with Crippen LogP contribution in [0.5, 0.6) is 0 Å². The molecule has 0 bridgehead atoms. The highest BCUT2D eigenvalue weighted by molar-refractivity contribution is 6.20. The van der Waals surface area contributed by atoms with E-state index >= 15 is 0 Å². The molecule has 1 fully saturated rings. The first-order valence-electron chi connectivity index (χ1n) is 6.86. The lowest BCUT2D eigenvalue weighted by molar-refractivity contribution is 0.274. The van der Waals surface area contributed by atoms with E-state index in [0.717, 1.165) is 18.4 Å². The smallest absolute Gasteiger partial charge is 0.315 e. The van der Waals surface area contributed by atoms with Gasteiger partial charge in [-0.25, -0.2) is 0 Å². The van der Waals surface area contributed by atoms with Crippen molar-refractivity contribution in [2.45, 2.75) is 51.3 Å². The summed E-state index contributed by atoms with van der Waals surface area (Å²) in [6.45, 7) is 5.07. The Bertz CT molecular complexity index is 367. The quantitative estimate of drug-likeness (QED) is 0.823. The normalized spacial score (nSPS) is 25.9. The SMILES string of the molecule is CC1CCCC(CCNc2nnc(C(C)Cl)o2)C1. The van der Waals surface area contributed by atoms with Gasteiger partial charge in [-0.3, -0.25) is 0 Å². The molecule has 0 spiro atoms. The highest BCUT2D eigenvalue weighted by Crippen LogP contribution is 2.30. The Morgan fingerprint density at radius 3 is 2.94 bits per heavy atom. The van der Waals surface area contributed by atoms with Crippen LogP contribution in [0.3, 0.4) is 0 Å². The monoisotopic (exact) mass is 271 g/mol. The predicted molar refractivity (Wildman–Crippen MR) is 72.8 cm³/mol. The van der Waals surface area contributed by atoms with Crippen molar-refractivity contribution in [1.82, 2.24) is 10.2 Å². The van der Waals surface area contributed by atoms with Crippen molar-refractivity contribution >= 4 is 17.6 Å². The standard InChI is InChI=1S/C13H22ClN3O/c1-9-4-3-5-11(8-9)6-7-15-13-17-16-12(18-13)10(2)14/h9-11H,3-8H2,1-2H3,(H,15,17). The average molecular weight is 272 g/mol. The van der Waals surface area contributed by atoms with Crippen LogP contribution in [-0.4, -0.2) is 16.7 Å². The zero-order valence-corrected chi connectivity index (χ0v) is 11.9. The summed E-state index contributed by atoms with van der Waals surface area (Å²) in [4.78, 5) is 0. The Morgan fingerprint density at radius 2 is 2.28 bits per heavy atom. The fourth-order valence-electron chi connectivity index (χ4n) is 2.67. The first-order chi connectivity index (χ1) is 8.65. The van der Waals surface area contributed by atoms with E-state index in [0.29, 0.717) is 11.9 Å². The number of halogens is 1. The summed E-state index contributed by atoms with van der Waals surface area (Å²) >= 11 is 5.86. The number of hydrogen-bond donors (Lipinski definition) is 1. The predicted octanol–water partition coefficient (Wildman–Crippen LogP) is 4.00. The topological polar surface area (TPSA) is 51.0 Å². The number of nitrogens with zero attached hydrogens (tertiary/aromatic N) is 2. The van der Waals surface area contributed by atoms with Gasteiger partial charge in [0.05, 0.1) is 0 Å². The number of alkyl halides is 1. The molecule has 1 N–H and O–H groups in total. The fourth-order valence-corrected chi connectivity index (χ4v) is 2.76. The molecule has 18 heavy (non-hydrogen) atoms. The van der Waals surface area contributed by atoms with Gasteiger partial charge in [-0.2, -0.15) is 0 Å². The Labute approximate surface area is 113 Å². The van der Waals surface area contributed by atoms with Gasteiger partial charge in [-0.15, -0.1) is 16.7 Å². The second-order valence-electron chi connectivity index (χ2n) is 5.41. The van der Waals surface area contributed by atoms with E-state index in [9.17, 15) is 0 Å². The van der Waals surface area contributed by atoms with Crippen LogP contribution >= 0.6 is 11.6 Å². The van der Waals surface area contributed by atoms with Gasteiger partial charge >= 0.3 is 6.01 Å². The van der Waals surface area contributed by atoms with Crippen molar-refractivity contribution in [3.05, 3.63) is 5.89 Å². The number of aromatic nitrogens is 2. The van der Waals surface area contributed by atoms with Crippen LogP contribution in [0.15, 0.2) is 4.42 Å². The molecule has 0 aliphatic heterocycles. The van der Waals surface area contributed by atoms with E-state index in [2.05, 4.69) is 22.4 Å². The van der Waals surface area contributed by atoms with Gasteiger partial charge in [0.2, 0.25) is 5.89 Å². The molecule has 1 saturated carbocycles. The summed E-state index contributed by atoms with van der Waals surface area (Å²) in [6.07, 6.45) is 6.67. The van der Waals surface area contributed by atoms with Gasteiger partial charge in [-0.1, -0.05) is 31.3 Å². The van der Waals surface area contributed by atoms with Gasteiger partial charge in [0, 0.05) is 6.54 Å². The maximum Gasteiger partial charge on any atom is 0.315 e. The molecule has 102 valence electrons. The maximum absolute atomic E-state index is 5.86. The second kappa shape index (κ2) is 6.41. The van der Waals surface area contributed by atoms with Crippen molar-refractivity contribution in [1.29, 1.82) is 0 Å². The Morgan fingerprint density at radius 1 is 1.44 bits per heavy atom. The van der Waals surface area contributed by atoms with Crippen molar-refractivity contribution in [3.63, 3.8) is 0 Å². The molecule has 1 heterocycles. The second-order valence-corrected chi connectivity index (χ2v) is 6.07. The fraction of sp³-hybridized carbons (Fsp3) is 0.846. The van der Waals surface area contributed by atoms with Crippen LogP contribution in [0.1, 0.15) is 57.2 Å². The van der Waals surface area contributed by atoms with E-state index in [-0.39, 0.29) is 5.38 Å². The van der Waals surface area contributed by atoms with Crippen LogP contribution in [0, 0.1) is 11.8 Å². The lowest BCUT2D eigenvalue weighted by Gasteiger charge is -2.26. The van der Waals surface area contributed by atoms with E-state index in [4.69, 9.17) is 16.0 Å². The third-order valence-corrected chi connectivity index (χ3v) is 3.84. The molecule has 3 atom stereocenters. The third kappa shape index (κ3) is 3.87. The molecule has 2 rings (SSSR count). The lowest BCUT2D eigenvalue weighted by atomic mass is 9.81. The molecule has 0 amide bonds. The highest BCUT2D eigenvalue weighted by atomic mass is 35.5. The summed E-state index contributed by atoms with van der Waals surface area (Å²) in [6, 6.07) is 0.487. The van der Waals surface area contributed by atoms with Crippen molar-refractivity contribution in [2.24, 2.45) is 11.8 Å². The minimum absolute atomic E-state index is 0.229. The molecular weight excluding hydrogens is 250 g/mol. The van der Waals surface area contributed by atoms with E-state index in [1.54, 1.807) is 0 Å². The van der Waals surface area contributed by atoms with Crippen molar-refractivity contribution < 1.29 is 4.42 Å². The molecule has 5 heteroatoms. The van der Waals surface area contributed by atoms with E-state index in [1.807, 2.05) is 6.92 Å². The first kappa shape index (κ1) is 13.7. The summed E-state index contributed by atoms with van der Waals surface area (Å²) in [5.74, 6) is 2.21. The number of hydrogen-bond acceptors (Lipinski definition) is 4. The molecule has 1 aliphatic rings. The average Bonchev–Trinajstić information content (AvgIpc) is 2.78. The zero-order valence-electron chi connectivity index (χ0n) is 11.2. The highest BCUT2D eigenvalue weighted by Gasteiger charge is 2.18. The van der Waals surface area contributed by atoms with Crippen LogP contribution in [0.25, 0.3) is 0 Å². The van der Waals surface area contributed by atoms with Crippen LogP contribution in [0.2, 0.25) is 0 Å². The van der Waals surface area contributed by atoms with Gasteiger partial charge in [0.1, 0.15) is 5.38 Å². The summed E-state index contributed by atoms with van der Waals surface area (Å²) in [5, 5.41) is 10.8. The Balaban J connectivity index is 1.71. The van der Waals surface area contributed by atoms with Gasteiger partial charge in [0.15, 0.2) is 0 Å². The minimum atomic E-state index is -0.229. The largest absolute Gasteiger partial charge is 0.407 e. The minimum Gasteiger partial charge on any atom is -0.407 e. The van der Waals surface area contributed by atoms with E-state index in [1.165, 1.54) is 32.1 Å². The Kier molecular flexibility index (Phi) is 4.87. The van der Waals surface area contributed by atoms with Crippen molar-refractivity contribution in [2.75, 3.05) is 11.9 Å². The van der Waals surface area contributed by atoms with Gasteiger partial charge < -0.3 is 9.73 Å². The summed E-state index contributed by atoms with van der Waals surface area (Å²) in [7, 11) is 0. The number of anilines is 1. The number of nitrogens with one attached hydrogen (secondary N) is 1. The van der Waals surface area contributed by atoms with E-state index < -0.39 is 0 Å². The van der Waals surface area contributed by atoms with Crippen LogP contribution < -0.4 is 5.32 Å². The molecule has 1 aliphatic carbocycles. The Hall–Kier alpha value is -0.770. The summed E-state index contributed by atoms with van der Waals surface area (Å²) in [5.41, 5.74) is 0. The lowest BCUT2D eigenvalue weighted by Crippen LogP contribution is -2.16. The molecule has 0 saturated heterocycles.